The first kappa shape index (κ1) is 18.3. The van der Waals surface area contributed by atoms with Gasteiger partial charge in [0.25, 0.3) is 0 Å². The molecule has 0 aliphatic carbocycles. The lowest BCUT2D eigenvalue weighted by atomic mass is 10.2. The Bertz CT molecular complexity index is 1010. The van der Waals surface area contributed by atoms with Gasteiger partial charge in [-0.25, -0.2) is 0 Å². The number of amides is 2. The maximum absolute atomic E-state index is 12.5. The van der Waals surface area contributed by atoms with Gasteiger partial charge in [0.2, 0.25) is 11.8 Å². The monoisotopic (exact) mass is 394 g/mol. The Morgan fingerprint density at radius 2 is 2.04 bits per heavy atom. The summed E-state index contributed by atoms with van der Waals surface area (Å²) in [4.78, 5) is 35.6. The third kappa shape index (κ3) is 4.07. The Balaban J connectivity index is 1.35. The molecule has 28 heavy (non-hydrogen) atoms. The molecular formula is C21H19ClN4O2. The van der Waals surface area contributed by atoms with Crippen molar-refractivity contribution in [3.05, 3.63) is 71.1 Å². The third-order valence-electron chi connectivity index (χ3n) is 4.76. The van der Waals surface area contributed by atoms with Crippen LogP contribution in [0.3, 0.4) is 0 Å². The van der Waals surface area contributed by atoms with E-state index >= 15 is 0 Å². The van der Waals surface area contributed by atoms with E-state index < -0.39 is 0 Å². The summed E-state index contributed by atoms with van der Waals surface area (Å²) in [6, 6.07) is 11.1. The number of hydrogen-bond donors (Lipinski definition) is 1. The minimum Gasteiger partial charge on any atom is -0.357 e. The minimum absolute atomic E-state index is 0.0590. The summed E-state index contributed by atoms with van der Waals surface area (Å²) < 4.78 is 0. The number of carbonyl (C=O) groups excluding carboxylic acids is 2. The van der Waals surface area contributed by atoms with Crippen molar-refractivity contribution in [2.45, 2.75) is 6.54 Å². The number of carbonyl (C=O) groups is 2. The molecule has 4 rings (SSSR count). The van der Waals surface area contributed by atoms with Crippen molar-refractivity contribution in [3.8, 4) is 0 Å². The Kier molecular flexibility index (Phi) is 5.12. The predicted molar refractivity (Wildman–Crippen MR) is 109 cm³/mol. The third-order valence-corrected chi connectivity index (χ3v) is 5.01. The normalized spacial score (nSPS) is 15.0. The summed E-state index contributed by atoms with van der Waals surface area (Å²) in [6.45, 7) is 1.60. The van der Waals surface area contributed by atoms with E-state index in [0.717, 1.165) is 22.2 Å². The highest BCUT2D eigenvalue weighted by Crippen LogP contribution is 2.16. The fourth-order valence-electron chi connectivity index (χ4n) is 3.23. The van der Waals surface area contributed by atoms with Gasteiger partial charge in [-0.2, -0.15) is 0 Å². The lowest BCUT2D eigenvalue weighted by Gasteiger charge is -2.33. The topological polar surface area (TPSA) is 69.3 Å². The van der Waals surface area contributed by atoms with Gasteiger partial charge in [-0.3, -0.25) is 14.6 Å². The average Bonchev–Trinajstić information content (AvgIpc) is 3.11. The van der Waals surface area contributed by atoms with Gasteiger partial charge >= 0.3 is 0 Å². The SMILES string of the molecule is O=C(/C=C/c1ccc(Cl)cc1)N1CCN(Cc2cc3cnccc3[nH]2)C(=O)C1. The lowest BCUT2D eigenvalue weighted by Crippen LogP contribution is -2.51. The molecule has 1 aliphatic heterocycles. The van der Waals surface area contributed by atoms with E-state index in [1.165, 1.54) is 6.08 Å². The molecule has 1 saturated heterocycles. The van der Waals surface area contributed by atoms with Crippen LogP contribution in [0.2, 0.25) is 5.02 Å². The minimum atomic E-state index is -0.167. The first-order chi connectivity index (χ1) is 13.6. The molecular weight excluding hydrogens is 376 g/mol. The molecule has 6 nitrogen and oxygen atoms in total. The van der Waals surface area contributed by atoms with Crippen LogP contribution in [0.5, 0.6) is 0 Å². The largest absolute Gasteiger partial charge is 0.357 e. The molecule has 0 bridgehead atoms. The molecule has 1 aromatic carbocycles. The molecule has 142 valence electrons. The average molecular weight is 395 g/mol. The summed E-state index contributed by atoms with van der Waals surface area (Å²) in [5.74, 6) is -0.226. The van der Waals surface area contributed by atoms with Gasteiger partial charge in [0.05, 0.1) is 6.54 Å². The zero-order chi connectivity index (χ0) is 19.5. The maximum atomic E-state index is 12.5. The smallest absolute Gasteiger partial charge is 0.247 e. The fourth-order valence-corrected chi connectivity index (χ4v) is 3.36. The Hall–Kier alpha value is -3.12. The molecule has 2 amide bonds. The number of nitrogens with zero attached hydrogens (tertiary/aromatic N) is 3. The molecule has 0 radical (unpaired) electrons. The van der Waals surface area contributed by atoms with Crippen LogP contribution in [-0.2, 0) is 16.1 Å². The Morgan fingerprint density at radius 1 is 1.21 bits per heavy atom. The molecule has 0 unspecified atom stereocenters. The summed E-state index contributed by atoms with van der Waals surface area (Å²) in [5, 5.41) is 1.67. The molecule has 0 saturated carbocycles. The van der Waals surface area contributed by atoms with Crippen molar-refractivity contribution < 1.29 is 9.59 Å². The second kappa shape index (κ2) is 7.86. The summed E-state index contributed by atoms with van der Waals surface area (Å²) >= 11 is 5.86. The summed E-state index contributed by atoms with van der Waals surface area (Å²) in [7, 11) is 0. The van der Waals surface area contributed by atoms with Crippen molar-refractivity contribution in [1.82, 2.24) is 19.8 Å². The Labute approximate surface area is 167 Å². The summed E-state index contributed by atoms with van der Waals surface area (Å²) in [6.07, 6.45) is 6.75. The number of hydrogen-bond acceptors (Lipinski definition) is 3. The van der Waals surface area contributed by atoms with Crippen molar-refractivity contribution >= 4 is 40.4 Å². The fraction of sp³-hybridized carbons (Fsp3) is 0.190. The standard InChI is InChI=1S/C21H19ClN4O2/c22-17-4-1-15(2-5-17)3-6-20(27)26-10-9-25(21(28)14-26)13-18-11-16-12-23-8-7-19(16)24-18/h1-8,11-12,24H,9-10,13-14H2/b6-3+. The number of aromatic nitrogens is 2. The van der Waals surface area contributed by atoms with Crippen LogP contribution >= 0.6 is 11.6 Å². The number of halogens is 1. The molecule has 1 aliphatic rings. The molecule has 3 aromatic rings. The molecule has 1 N–H and O–H groups in total. The highest BCUT2D eigenvalue weighted by Gasteiger charge is 2.26. The van der Waals surface area contributed by atoms with E-state index in [1.807, 2.05) is 24.3 Å². The molecule has 2 aromatic heterocycles. The van der Waals surface area contributed by atoms with Crippen molar-refractivity contribution in [3.63, 3.8) is 0 Å². The number of fused-ring (bicyclic) bond motifs is 1. The van der Waals surface area contributed by atoms with Gasteiger partial charge in [-0.1, -0.05) is 23.7 Å². The van der Waals surface area contributed by atoms with Crippen LogP contribution in [0.25, 0.3) is 17.0 Å². The van der Waals surface area contributed by atoms with Gasteiger partial charge in [0.1, 0.15) is 6.54 Å². The highest BCUT2D eigenvalue weighted by molar-refractivity contribution is 6.30. The number of H-pyrrole nitrogens is 1. The maximum Gasteiger partial charge on any atom is 0.247 e. The van der Waals surface area contributed by atoms with E-state index in [4.69, 9.17) is 11.6 Å². The van der Waals surface area contributed by atoms with Crippen molar-refractivity contribution in [2.24, 2.45) is 0 Å². The van der Waals surface area contributed by atoms with Crippen LogP contribution in [0.4, 0.5) is 0 Å². The zero-order valence-corrected chi connectivity index (χ0v) is 15.9. The van der Waals surface area contributed by atoms with Crippen molar-refractivity contribution in [1.29, 1.82) is 0 Å². The van der Waals surface area contributed by atoms with E-state index in [0.29, 0.717) is 24.7 Å². The van der Waals surface area contributed by atoms with E-state index in [2.05, 4.69) is 9.97 Å². The van der Waals surface area contributed by atoms with Crippen LogP contribution in [0, 0.1) is 0 Å². The first-order valence-corrected chi connectivity index (χ1v) is 9.38. The first-order valence-electron chi connectivity index (χ1n) is 9.00. The van der Waals surface area contributed by atoms with Crippen molar-refractivity contribution in [2.75, 3.05) is 19.6 Å². The zero-order valence-electron chi connectivity index (χ0n) is 15.1. The van der Waals surface area contributed by atoms with Crippen LogP contribution in [-0.4, -0.2) is 51.2 Å². The van der Waals surface area contributed by atoms with Crippen LogP contribution in [0.1, 0.15) is 11.3 Å². The number of aromatic amines is 1. The summed E-state index contributed by atoms with van der Waals surface area (Å²) in [5.41, 5.74) is 2.84. The van der Waals surface area contributed by atoms with Gasteiger partial charge in [0, 0.05) is 53.2 Å². The predicted octanol–water partition coefficient (Wildman–Crippen LogP) is 3.10. The van der Waals surface area contributed by atoms with E-state index in [1.54, 1.807) is 40.4 Å². The van der Waals surface area contributed by atoms with Gasteiger partial charge < -0.3 is 14.8 Å². The molecule has 0 atom stereocenters. The van der Waals surface area contributed by atoms with Gasteiger partial charge in [-0.05, 0) is 35.9 Å². The quantitative estimate of drug-likeness (QED) is 0.691. The molecule has 7 heteroatoms. The number of rotatable bonds is 4. The second-order valence-electron chi connectivity index (χ2n) is 6.72. The van der Waals surface area contributed by atoms with Crippen LogP contribution in [0.15, 0.2) is 54.9 Å². The van der Waals surface area contributed by atoms with Gasteiger partial charge in [-0.15, -0.1) is 0 Å². The van der Waals surface area contributed by atoms with E-state index in [-0.39, 0.29) is 18.4 Å². The number of pyridine rings is 1. The number of nitrogens with one attached hydrogen (secondary N) is 1. The highest BCUT2D eigenvalue weighted by atomic mass is 35.5. The molecule has 3 heterocycles. The lowest BCUT2D eigenvalue weighted by molar-refractivity contribution is -0.143. The molecule has 0 spiro atoms. The van der Waals surface area contributed by atoms with E-state index in [9.17, 15) is 9.59 Å². The Morgan fingerprint density at radius 3 is 2.79 bits per heavy atom. The number of piperazine rings is 1. The van der Waals surface area contributed by atoms with Gasteiger partial charge in [0.15, 0.2) is 0 Å². The van der Waals surface area contributed by atoms with Crippen LogP contribution < -0.4 is 0 Å². The number of benzene rings is 1. The second-order valence-corrected chi connectivity index (χ2v) is 7.15. The molecule has 1 fully saturated rings.